The zero-order valence-electron chi connectivity index (χ0n) is 6.33. The first-order valence-corrected chi connectivity index (χ1v) is 3.66. The van der Waals surface area contributed by atoms with Gasteiger partial charge in [0.15, 0.2) is 11.5 Å². The Bertz CT molecular complexity index is 257. The van der Waals surface area contributed by atoms with Crippen LogP contribution in [-0.4, -0.2) is 12.7 Å². The van der Waals surface area contributed by atoms with Crippen LogP contribution in [0.4, 0.5) is 0 Å². The van der Waals surface area contributed by atoms with Gasteiger partial charge in [0.05, 0.1) is 0 Å². The molecule has 2 heteroatoms. The van der Waals surface area contributed by atoms with E-state index in [2.05, 4.69) is 6.07 Å². The minimum Gasteiger partial charge on any atom is -0.486 e. The molecule has 1 aliphatic heterocycles. The van der Waals surface area contributed by atoms with E-state index < -0.39 is 0 Å². The molecule has 11 heavy (non-hydrogen) atoms. The molecule has 0 saturated heterocycles. The fourth-order valence-corrected chi connectivity index (χ4v) is 1.07. The summed E-state index contributed by atoms with van der Waals surface area (Å²) in [6, 6.07) is 8.41. The Labute approximate surface area is 65.7 Å². The van der Waals surface area contributed by atoms with Gasteiger partial charge in [0.2, 0.25) is 0 Å². The fourth-order valence-electron chi connectivity index (χ4n) is 1.07. The number of rotatable bonds is 0. The fraction of sp³-hybridized carbons (Fsp3) is 0.333. The van der Waals surface area contributed by atoms with E-state index in [1.807, 2.05) is 19.1 Å². The summed E-state index contributed by atoms with van der Waals surface area (Å²) >= 11 is 0. The first-order chi connectivity index (χ1) is 5.36. The molecule has 0 bridgehead atoms. The maximum absolute atomic E-state index is 5.49. The lowest BCUT2D eigenvalue weighted by Gasteiger charge is -2.23. The van der Waals surface area contributed by atoms with E-state index in [1.54, 1.807) is 6.07 Å². The Hall–Kier alpha value is -1.18. The van der Waals surface area contributed by atoms with Gasteiger partial charge < -0.3 is 9.47 Å². The molecule has 57 valence electrons. The van der Waals surface area contributed by atoms with Crippen LogP contribution in [-0.2, 0) is 0 Å². The van der Waals surface area contributed by atoms with Gasteiger partial charge in [-0.2, -0.15) is 0 Å². The largest absolute Gasteiger partial charge is 0.486 e. The van der Waals surface area contributed by atoms with E-state index in [-0.39, 0.29) is 6.10 Å². The molecule has 2 nitrogen and oxygen atoms in total. The molecule has 1 aromatic carbocycles. The van der Waals surface area contributed by atoms with Crippen molar-refractivity contribution in [1.82, 2.24) is 0 Å². The summed E-state index contributed by atoms with van der Waals surface area (Å²) in [6.45, 7) is 2.62. The van der Waals surface area contributed by atoms with E-state index in [1.165, 1.54) is 0 Å². The average molecular weight is 149 g/mol. The second-order valence-corrected chi connectivity index (χ2v) is 2.61. The van der Waals surface area contributed by atoms with Crippen LogP contribution in [0, 0.1) is 6.07 Å². The van der Waals surface area contributed by atoms with Crippen LogP contribution in [0.2, 0.25) is 0 Å². The van der Waals surface area contributed by atoms with Crippen molar-refractivity contribution in [3.63, 3.8) is 0 Å². The minimum absolute atomic E-state index is 0.157. The monoisotopic (exact) mass is 149 g/mol. The van der Waals surface area contributed by atoms with E-state index in [4.69, 9.17) is 9.47 Å². The van der Waals surface area contributed by atoms with Crippen LogP contribution in [0.5, 0.6) is 11.5 Å². The quantitative estimate of drug-likeness (QED) is 0.558. The Morgan fingerprint density at radius 3 is 3.36 bits per heavy atom. The van der Waals surface area contributed by atoms with Crippen LogP contribution in [0.1, 0.15) is 6.92 Å². The molecule has 2 rings (SSSR count). The zero-order valence-corrected chi connectivity index (χ0v) is 6.33. The highest BCUT2D eigenvalue weighted by molar-refractivity contribution is 5.40. The van der Waals surface area contributed by atoms with Gasteiger partial charge in [0.1, 0.15) is 12.7 Å². The molecule has 0 aromatic heterocycles. The molecule has 1 radical (unpaired) electrons. The van der Waals surface area contributed by atoms with E-state index in [0.717, 1.165) is 11.5 Å². The molecule has 1 aromatic rings. The lowest BCUT2D eigenvalue weighted by Crippen LogP contribution is -2.25. The van der Waals surface area contributed by atoms with Crippen LogP contribution in [0.25, 0.3) is 0 Å². The van der Waals surface area contributed by atoms with Gasteiger partial charge in [-0.25, -0.2) is 0 Å². The summed E-state index contributed by atoms with van der Waals surface area (Å²) in [4.78, 5) is 0. The highest BCUT2D eigenvalue weighted by Crippen LogP contribution is 2.30. The third-order valence-corrected chi connectivity index (χ3v) is 1.59. The van der Waals surface area contributed by atoms with Crippen molar-refractivity contribution in [2.24, 2.45) is 0 Å². The predicted molar refractivity (Wildman–Crippen MR) is 40.9 cm³/mol. The maximum atomic E-state index is 5.49. The molecule has 0 aliphatic carbocycles. The molecule has 1 aliphatic rings. The summed E-state index contributed by atoms with van der Waals surface area (Å²) in [7, 11) is 0. The summed E-state index contributed by atoms with van der Waals surface area (Å²) in [5.74, 6) is 1.62. The molecular formula is C9H9O2. The molecule has 0 amide bonds. The first kappa shape index (κ1) is 6.53. The summed E-state index contributed by atoms with van der Waals surface area (Å²) in [5.41, 5.74) is 0. The van der Waals surface area contributed by atoms with Gasteiger partial charge in [-0.3, -0.25) is 0 Å². The Morgan fingerprint density at radius 1 is 1.55 bits per heavy atom. The summed E-state index contributed by atoms with van der Waals surface area (Å²) in [5, 5.41) is 0. The molecular weight excluding hydrogens is 140 g/mol. The number of hydrogen-bond acceptors (Lipinski definition) is 2. The smallest absolute Gasteiger partial charge is 0.162 e. The first-order valence-electron chi connectivity index (χ1n) is 3.66. The van der Waals surface area contributed by atoms with E-state index >= 15 is 0 Å². The van der Waals surface area contributed by atoms with Gasteiger partial charge in [0.25, 0.3) is 0 Å². The lowest BCUT2D eigenvalue weighted by molar-refractivity contribution is 0.104. The third-order valence-electron chi connectivity index (χ3n) is 1.59. The predicted octanol–water partition coefficient (Wildman–Crippen LogP) is 1.65. The topological polar surface area (TPSA) is 18.5 Å². The van der Waals surface area contributed by atoms with E-state index in [9.17, 15) is 0 Å². The SMILES string of the molecule is CC1COc2c[c]ccc2O1. The van der Waals surface area contributed by atoms with Gasteiger partial charge in [-0.1, -0.05) is 6.07 Å². The second kappa shape index (κ2) is 2.46. The zero-order chi connectivity index (χ0) is 7.68. The number of hydrogen-bond donors (Lipinski definition) is 0. The number of ether oxygens (including phenoxy) is 2. The Kier molecular flexibility index (Phi) is 1.46. The van der Waals surface area contributed by atoms with Crippen LogP contribution < -0.4 is 9.47 Å². The molecule has 0 spiro atoms. The van der Waals surface area contributed by atoms with Crippen molar-refractivity contribution in [3.05, 3.63) is 24.3 Å². The second-order valence-electron chi connectivity index (χ2n) is 2.61. The highest BCUT2D eigenvalue weighted by atomic mass is 16.6. The molecule has 0 fully saturated rings. The lowest BCUT2D eigenvalue weighted by atomic mass is 10.3. The van der Waals surface area contributed by atoms with Crippen molar-refractivity contribution in [2.45, 2.75) is 13.0 Å². The average Bonchev–Trinajstić information content (AvgIpc) is 2.04. The Balaban J connectivity index is 2.34. The maximum Gasteiger partial charge on any atom is 0.162 e. The van der Waals surface area contributed by atoms with E-state index in [0.29, 0.717) is 6.61 Å². The van der Waals surface area contributed by atoms with Crippen molar-refractivity contribution in [1.29, 1.82) is 0 Å². The standard InChI is InChI=1S/C9H9O2/c1-7-6-10-8-4-2-3-5-9(8)11-7/h3-5,7H,6H2,1H3. The van der Waals surface area contributed by atoms with Crippen LogP contribution >= 0.6 is 0 Å². The normalized spacial score (nSPS) is 21.4. The summed E-state index contributed by atoms with van der Waals surface area (Å²) in [6.07, 6.45) is 0.157. The highest BCUT2D eigenvalue weighted by Gasteiger charge is 2.15. The molecule has 0 saturated carbocycles. The molecule has 1 unspecified atom stereocenters. The van der Waals surface area contributed by atoms with Crippen molar-refractivity contribution in [3.8, 4) is 11.5 Å². The van der Waals surface area contributed by atoms with Gasteiger partial charge in [-0.05, 0) is 25.1 Å². The van der Waals surface area contributed by atoms with Crippen LogP contribution in [0.15, 0.2) is 18.2 Å². The molecule has 0 N–H and O–H groups in total. The number of fused-ring (bicyclic) bond motifs is 1. The van der Waals surface area contributed by atoms with Gasteiger partial charge >= 0.3 is 0 Å². The van der Waals surface area contributed by atoms with Crippen molar-refractivity contribution in [2.75, 3.05) is 6.61 Å². The van der Waals surface area contributed by atoms with Crippen LogP contribution in [0.3, 0.4) is 0 Å². The van der Waals surface area contributed by atoms with Crippen molar-refractivity contribution < 1.29 is 9.47 Å². The third kappa shape index (κ3) is 1.16. The summed E-state index contributed by atoms with van der Waals surface area (Å²) < 4.78 is 10.9. The minimum atomic E-state index is 0.157. The molecule has 1 atom stereocenters. The number of benzene rings is 1. The van der Waals surface area contributed by atoms with Crippen molar-refractivity contribution >= 4 is 0 Å². The molecule has 1 heterocycles. The Morgan fingerprint density at radius 2 is 2.45 bits per heavy atom. The van der Waals surface area contributed by atoms with Gasteiger partial charge in [0, 0.05) is 0 Å². The van der Waals surface area contributed by atoms with Gasteiger partial charge in [-0.15, -0.1) is 0 Å².